The van der Waals surface area contributed by atoms with Crippen molar-refractivity contribution in [2.24, 2.45) is 0 Å². The Balaban J connectivity index is 1.41. The molecule has 138 valence electrons. The Hall–Kier alpha value is -2.60. The van der Waals surface area contributed by atoms with Gasteiger partial charge >= 0.3 is 0 Å². The maximum atomic E-state index is 12.8. The third-order valence-corrected chi connectivity index (χ3v) is 5.69. The molecule has 0 radical (unpaired) electrons. The first-order chi connectivity index (χ1) is 13.1. The van der Waals surface area contributed by atoms with Gasteiger partial charge in [0.2, 0.25) is 11.8 Å². The largest absolute Gasteiger partial charge is 0.411 e. The van der Waals surface area contributed by atoms with Crippen LogP contribution >= 0.6 is 11.8 Å². The van der Waals surface area contributed by atoms with E-state index in [2.05, 4.69) is 28.4 Å². The van der Waals surface area contributed by atoms with Gasteiger partial charge in [0.15, 0.2) is 0 Å². The molecule has 1 aliphatic rings. The number of hydrogen-bond donors (Lipinski definition) is 0. The van der Waals surface area contributed by atoms with E-state index < -0.39 is 0 Å². The molecule has 2 aromatic carbocycles. The van der Waals surface area contributed by atoms with Crippen molar-refractivity contribution in [2.45, 2.75) is 37.3 Å². The van der Waals surface area contributed by atoms with Gasteiger partial charge in [-0.05, 0) is 43.5 Å². The zero-order chi connectivity index (χ0) is 18.8. The molecule has 6 heteroatoms. The lowest BCUT2D eigenvalue weighted by molar-refractivity contribution is -0.131. The molecule has 4 rings (SSSR count). The van der Waals surface area contributed by atoms with Crippen LogP contribution in [0.1, 0.15) is 23.6 Å². The van der Waals surface area contributed by atoms with Gasteiger partial charge in [0.05, 0.1) is 5.25 Å². The maximum Gasteiger partial charge on any atom is 0.277 e. The summed E-state index contributed by atoms with van der Waals surface area (Å²) >= 11 is 1.31. The monoisotopic (exact) mass is 379 g/mol. The van der Waals surface area contributed by atoms with Gasteiger partial charge < -0.3 is 9.32 Å². The first-order valence-electron chi connectivity index (χ1n) is 9.03. The van der Waals surface area contributed by atoms with Crippen molar-refractivity contribution in [2.75, 3.05) is 6.54 Å². The molecule has 0 bridgehead atoms. The molecule has 5 nitrogen and oxygen atoms in total. The van der Waals surface area contributed by atoms with Gasteiger partial charge in [-0.2, -0.15) is 0 Å². The highest BCUT2D eigenvalue weighted by molar-refractivity contribution is 8.00. The molecule has 0 N–H and O–H groups in total. The summed E-state index contributed by atoms with van der Waals surface area (Å²) in [5, 5.41) is 8.35. The van der Waals surface area contributed by atoms with Gasteiger partial charge in [0.25, 0.3) is 5.22 Å². The number of rotatable bonds is 4. The first-order valence-corrected chi connectivity index (χ1v) is 9.91. The van der Waals surface area contributed by atoms with E-state index in [0.29, 0.717) is 17.7 Å². The average Bonchev–Trinajstić information content (AvgIpc) is 3.16. The number of amides is 1. The Morgan fingerprint density at radius 3 is 2.63 bits per heavy atom. The SMILES string of the molecule is Cc1ccc(-c2nnc(S[C@H](C)C(=O)N3CCc4ccccc4C3)o2)cc1. The quantitative estimate of drug-likeness (QED) is 0.639. The molecule has 1 aromatic heterocycles. The molecule has 1 atom stereocenters. The molecule has 0 unspecified atom stereocenters. The normalized spacial score (nSPS) is 14.7. The second kappa shape index (κ2) is 7.56. The number of fused-ring (bicyclic) bond motifs is 1. The lowest BCUT2D eigenvalue weighted by atomic mass is 10.00. The van der Waals surface area contributed by atoms with Crippen LogP contribution in [0.15, 0.2) is 58.2 Å². The van der Waals surface area contributed by atoms with Crippen LogP contribution in [0.4, 0.5) is 0 Å². The number of benzene rings is 2. The molecule has 27 heavy (non-hydrogen) atoms. The number of carbonyl (C=O) groups is 1. The molecular formula is C21H21N3O2S. The second-order valence-electron chi connectivity index (χ2n) is 6.78. The average molecular weight is 379 g/mol. The molecular weight excluding hydrogens is 358 g/mol. The van der Waals surface area contributed by atoms with Crippen molar-refractivity contribution >= 4 is 17.7 Å². The predicted molar refractivity (Wildman–Crippen MR) is 105 cm³/mol. The van der Waals surface area contributed by atoms with E-state index in [1.54, 1.807) is 0 Å². The topological polar surface area (TPSA) is 59.2 Å². The lowest BCUT2D eigenvalue weighted by Gasteiger charge is -2.30. The fourth-order valence-corrected chi connectivity index (χ4v) is 3.98. The molecule has 3 aromatic rings. The molecule has 2 heterocycles. The number of carbonyl (C=O) groups excluding carboxylic acids is 1. The molecule has 0 aliphatic carbocycles. The highest BCUT2D eigenvalue weighted by atomic mass is 32.2. The Morgan fingerprint density at radius 1 is 1.11 bits per heavy atom. The van der Waals surface area contributed by atoms with Crippen LogP contribution in [0.2, 0.25) is 0 Å². The van der Waals surface area contributed by atoms with Crippen molar-refractivity contribution in [1.29, 1.82) is 0 Å². The van der Waals surface area contributed by atoms with Crippen molar-refractivity contribution in [3.05, 3.63) is 65.2 Å². The summed E-state index contributed by atoms with van der Waals surface area (Å²) in [5.74, 6) is 0.577. The van der Waals surface area contributed by atoms with Gasteiger partial charge in [-0.15, -0.1) is 10.2 Å². The zero-order valence-corrected chi connectivity index (χ0v) is 16.2. The highest BCUT2D eigenvalue weighted by Gasteiger charge is 2.26. The number of nitrogens with zero attached hydrogens (tertiary/aromatic N) is 3. The van der Waals surface area contributed by atoms with E-state index in [1.807, 2.05) is 49.1 Å². The van der Waals surface area contributed by atoms with Gasteiger partial charge in [-0.3, -0.25) is 4.79 Å². The summed E-state index contributed by atoms with van der Waals surface area (Å²) in [6.07, 6.45) is 0.900. The van der Waals surface area contributed by atoms with E-state index in [4.69, 9.17) is 4.42 Å². The van der Waals surface area contributed by atoms with Crippen molar-refractivity contribution in [3.8, 4) is 11.5 Å². The summed E-state index contributed by atoms with van der Waals surface area (Å²) in [5.41, 5.74) is 4.62. The molecule has 0 saturated heterocycles. The van der Waals surface area contributed by atoms with Crippen LogP contribution in [0.25, 0.3) is 11.5 Å². The van der Waals surface area contributed by atoms with E-state index in [9.17, 15) is 4.79 Å². The van der Waals surface area contributed by atoms with E-state index in [0.717, 1.165) is 18.5 Å². The van der Waals surface area contributed by atoms with Crippen molar-refractivity contribution < 1.29 is 9.21 Å². The summed E-state index contributed by atoms with van der Waals surface area (Å²) in [6.45, 7) is 5.34. The van der Waals surface area contributed by atoms with Gasteiger partial charge in [-0.25, -0.2) is 0 Å². The first kappa shape index (κ1) is 17.8. The third-order valence-electron chi connectivity index (χ3n) is 4.77. The molecule has 0 spiro atoms. The van der Waals surface area contributed by atoms with Crippen molar-refractivity contribution in [1.82, 2.24) is 15.1 Å². The molecule has 0 fully saturated rings. The minimum atomic E-state index is -0.276. The summed E-state index contributed by atoms with van der Waals surface area (Å²) in [7, 11) is 0. The number of hydrogen-bond acceptors (Lipinski definition) is 5. The Kier molecular flexibility index (Phi) is 4.99. The lowest BCUT2D eigenvalue weighted by Crippen LogP contribution is -2.40. The Bertz CT molecular complexity index is 952. The molecule has 0 saturated carbocycles. The predicted octanol–water partition coefficient (Wildman–Crippen LogP) is 4.11. The summed E-state index contributed by atoms with van der Waals surface area (Å²) < 4.78 is 5.74. The van der Waals surface area contributed by atoms with Crippen LogP contribution in [0.5, 0.6) is 0 Å². The standard InChI is InChI=1S/C21H21N3O2S/c1-14-7-9-17(10-8-14)19-22-23-21(26-19)27-15(2)20(25)24-12-11-16-5-3-4-6-18(16)13-24/h3-10,15H,11-13H2,1-2H3/t15-/m1/s1. The van der Waals surface area contributed by atoms with E-state index in [1.165, 1.54) is 28.5 Å². The Morgan fingerprint density at radius 2 is 1.85 bits per heavy atom. The smallest absolute Gasteiger partial charge is 0.277 e. The third kappa shape index (κ3) is 3.90. The van der Waals surface area contributed by atoms with Crippen LogP contribution < -0.4 is 0 Å². The van der Waals surface area contributed by atoms with Crippen LogP contribution in [0, 0.1) is 6.92 Å². The summed E-state index contributed by atoms with van der Waals surface area (Å²) in [6, 6.07) is 16.2. The zero-order valence-electron chi connectivity index (χ0n) is 15.4. The molecule has 1 aliphatic heterocycles. The number of thioether (sulfide) groups is 1. The van der Waals surface area contributed by atoms with Crippen molar-refractivity contribution in [3.63, 3.8) is 0 Å². The Labute approximate surface area is 162 Å². The second-order valence-corrected chi connectivity index (χ2v) is 8.07. The van der Waals surface area contributed by atoms with Gasteiger partial charge in [0, 0.05) is 18.7 Å². The fourth-order valence-electron chi connectivity index (χ4n) is 3.21. The summed E-state index contributed by atoms with van der Waals surface area (Å²) in [4.78, 5) is 14.8. The minimum absolute atomic E-state index is 0.101. The number of aryl methyl sites for hydroxylation is 1. The number of aromatic nitrogens is 2. The maximum absolute atomic E-state index is 12.8. The molecule has 1 amide bonds. The fraction of sp³-hybridized carbons (Fsp3) is 0.286. The van der Waals surface area contributed by atoms with Gasteiger partial charge in [0.1, 0.15) is 0 Å². The highest BCUT2D eigenvalue weighted by Crippen LogP contribution is 2.28. The van der Waals surface area contributed by atoms with Gasteiger partial charge in [-0.1, -0.05) is 53.7 Å². The van der Waals surface area contributed by atoms with Crippen LogP contribution in [-0.2, 0) is 17.8 Å². The van der Waals surface area contributed by atoms with E-state index >= 15 is 0 Å². The van der Waals surface area contributed by atoms with Crippen LogP contribution in [0.3, 0.4) is 0 Å². The van der Waals surface area contributed by atoms with Crippen LogP contribution in [-0.4, -0.2) is 32.8 Å². The minimum Gasteiger partial charge on any atom is -0.411 e. The van der Waals surface area contributed by atoms with E-state index in [-0.39, 0.29) is 11.2 Å².